The highest BCUT2D eigenvalue weighted by Crippen LogP contribution is 2.39. The first-order chi connectivity index (χ1) is 18.0. The topological polar surface area (TPSA) is 126 Å². The summed E-state index contributed by atoms with van der Waals surface area (Å²) in [4.78, 5) is 20.3. The number of fused-ring (bicyclic) bond motifs is 1. The van der Waals surface area contributed by atoms with Crippen molar-refractivity contribution < 1.29 is 37.6 Å². The molecule has 2 heterocycles. The maximum atomic E-state index is 15.2. The second-order valence-electron chi connectivity index (χ2n) is 8.90. The second kappa shape index (κ2) is 10.5. The van der Waals surface area contributed by atoms with Crippen LogP contribution in [0.4, 0.5) is 8.78 Å². The number of halogens is 2. The van der Waals surface area contributed by atoms with E-state index < -0.39 is 28.9 Å². The molecule has 2 aromatic heterocycles. The Morgan fingerprint density at radius 3 is 2.18 bits per heavy atom. The zero-order valence-corrected chi connectivity index (χ0v) is 21.0. The van der Waals surface area contributed by atoms with Crippen molar-refractivity contribution in [3.63, 3.8) is 0 Å². The summed E-state index contributed by atoms with van der Waals surface area (Å²) in [6.45, 7) is 3.18. The van der Waals surface area contributed by atoms with E-state index in [2.05, 4.69) is 9.97 Å². The van der Waals surface area contributed by atoms with Crippen molar-refractivity contribution in [1.29, 1.82) is 0 Å². The molecule has 0 aliphatic heterocycles. The minimum atomic E-state index is -1.09. The van der Waals surface area contributed by atoms with E-state index in [1.165, 1.54) is 38.7 Å². The molecular weight excluding hydrogens is 500 g/mol. The van der Waals surface area contributed by atoms with Crippen LogP contribution in [0.5, 0.6) is 28.7 Å². The molecule has 9 nitrogen and oxygen atoms in total. The quantitative estimate of drug-likeness (QED) is 0.324. The minimum Gasteiger partial charge on any atom is -0.496 e. The number of hydrogen-bond acceptors (Lipinski definition) is 8. The lowest BCUT2D eigenvalue weighted by Crippen LogP contribution is -2.27. The summed E-state index contributed by atoms with van der Waals surface area (Å²) in [5, 5.41) is 10.4. The number of pyridine rings is 2. The van der Waals surface area contributed by atoms with Crippen LogP contribution >= 0.6 is 0 Å². The fourth-order valence-electron chi connectivity index (χ4n) is 3.72. The molecule has 11 heteroatoms. The molecule has 0 fully saturated rings. The third-order valence-electron chi connectivity index (χ3n) is 5.43. The van der Waals surface area contributed by atoms with E-state index in [0.717, 1.165) is 12.1 Å². The number of carbonyl (C=O) groups excluding carboxylic acids is 1. The highest BCUT2D eigenvalue weighted by atomic mass is 19.1. The first-order valence-electron chi connectivity index (χ1n) is 11.3. The normalized spacial score (nSPS) is 11.3. The summed E-state index contributed by atoms with van der Waals surface area (Å²) < 4.78 is 52.3. The van der Waals surface area contributed by atoms with Gasteiger partial charge >= 0.3 is 0 Å². The van der Waals surface area contributed by atoms with Crippen LogP contribution in [0, 0.1) is 11.6 Å². The van der Waals surface area contributed by atoms with Gasteiger partial charge in [0.2, 0.25) is 0 Å². The Morgan fingerprint density at radius 1 is 0.947 bits per heavy atom. The lowest BCUT2D eigenvalue weighted by molar-refractivity contribution is 0.0276. The standard InChI is InChI=1S/C27H25F2N3O6/c1-27(2,34)13-37-22-12-18-15(11-21(22)36-4)19(5-7-31-18)38-25-16(28)9-14(10-17(25)29)24-23(26(30)33)20(35-3)6-8-32-24/h5-12,34H,13H2,1-4H3,(H2,30,33). The molecular formula is C27H25F2N3O6. The average Bonchev–Trinajstić information content (AvgIpc) is 2.87. The Kier molecular flexibility index (Phi) is 7.31. The van der Waals surface area contributed by atoms with Gasteiger partial charge in [-0.1, -0.05) is 0 Å². The van der Waals surface area contributed by atoms with E-state index in [-0.39, 0.29) is 34.9 Å². The zero-order chi connectivity index (χ0) is 27.6. The summed E-state index contributed by atoms with van der Waals surface area (Å²) in [5.41, 5.74) is 4.58. The fourth-order valence-corrected chi connectivity index (χ4v) is 3.72. The van der Waals surface area contributed by atoms with Crippen molar-refractivity contribution in [2.45, 2.75) is 19.4 Å². The molecule has 3 N–H and O–H groups in total. The van der Waals surface area contributed by atoms with Crippen LogP contribution in [0.3, 0.4) is 0 Å². The van der Waals surface area contributed by atoms with Gasteiger partial charge in [0, 0.05) is 29.4 Å². The van der Waals surface area contributed by atoms with E-state index in [9.17, 15) is 9.90 Å². The number of aromatic nitrogens is 2. The molecule has 0 bridgehead atoms. The van der Waals surface area contributed by atoms with E-state index >= 15 is 8.78 Å². The monoisotopic (exact) mass is 525 g/mol. The Labute approximate surface area is 216 Å². The number of primary amides is 1. The van der Waals surface area contributed by atoms with Crippen molar-refractivity contribution in [3.05, 3.63) is 66.0 Å². The molecule has 4 rings (SSSR count). The van der Waals surface area contributed by atoms with Gasteiger partial charge in [0.05, 0.1) is 31.0 Å². The van der Waals surface area contributed by atoms with Gasteiger partial charge in [-0.25, -0.2) is 8.78 Å². The molecule has 0 radical (unpaired) electrons. The molecule has 2 aromatic carbocycles. The molecule has 0 unspecified atom stereocenters. The number of carbonyl (C=O) groups is 1. The molecule has 0 atom stereocenters. The largest absolute Gasteiger partial charge is 0.496 e. The van der Waals surface area contributed by atoms with Gasteiger partial charge in [-0.3, -0.25) is 14.8 Å². The maximum absolute atomic E-state index is 15.2. The number of rotatable bonds is 9. The summed E-state index contributed by atoms with van der Waals surface area (Å²) >= 11 is 0. The molecule has 4 aromatic rings. The molecule has 0 aliphatic carbocycles. The number of amides is 1. The van der Waals surface area contributed by atoms with E-state index in [0.29, 0.717) is 22.4 Å². The van der Waals surface area contributed by atoms with Crippen LogP contribution in [0.1, 0.15) is 24.2 Å². The summed E-state index contributed by atoms with van der Waals surface area (Å²) in [7, 11) is 2.76. The minimum absolute atomic E-state index is 0.00651. The Morgan fingerprint density at radius 2 is 1.58 bits per heavy atom. The van der Waals surface area contributed by atoms with Crippen molar-refractivity contribution in [2.24, 2.45) is 5.73 Å². The van der Waals surface area contributed by atoms with Gasteiger partial charge < -0.3 is 29.8 Å². The van der Waals surface area contributed by atoms with Crippen molar-refractivity contribution in [2.75, 3.05) is 20.8 Å². The van der Waals surface area contributed by atoms with Crippen LogP contribution in [-0.2, 0) is 0 Å². The summed E-state index contributed by atoms with van der Waals surface area (Å²) in [6.07, 6.45) is 2.74. The van der Waals surface area contributed by atoms with Crippen molar-refractivity contribution >= 4 is 16.8 Å². The van der Waals surface area contributed by atoms with Crippen molar-refractivity contribution in [1.82, 2.24) is 9.97 Å². The van der Waals surface area contributed by atoms with Crippen LogP contribution in [0.25, 0.3) is 22.2 Å². The first kappa shape index (κ1) is 26.6. The number of benzene rings is 2. The number of hydrogen-bond donors (Lipinski definition) is 2. The smallest absolute Gasteiger partial charge is 0.254 e. The second-order valence-corrected chi connectivity index (χ2v) is 8.90. The summed E-state index contributed by atoms with van der Waals surface area (Å²) in [5.74, 6) is -2.77. The lowest BCUT2D eigenvalue weighted by atomic mass is 10.0. The SMILES string of the molecule is COc1cc2c(Oc3c(F)cc(-c4nccc(OC)c4C(N)=O)cc3F)ccnc2cc1OCC(C)(C)O. The third-order valence-corrected chi connectivity index (χ3v) is 5.43. The van der Waals surface area contributed by atoms with Gasteiger partial charge in [-0.05, 0) is 44.2 Å². The molecule has 0 saturated carbocycles. The molecule has 1 amide bonds. The lowest BCUT2D eigenvalue weighted by Gasteiger charge is -2.19. The Hall–Kier alpha value is -4.51. The van der Waals surface area contributed by atoms with Crippen LogP contribution in [-0.4, -0.2) is 47.4 Å². The zero-order valence-electron chi connectivity index (χ0n) is 21.0. The highest BCUT2D eigenvalue weighted by molar-refractivity contribution is 6.01. The Balaban J connectivity index is 1.74. The molecule has 38 heavy (non-hydrogen) atoms. The number of ether oxygens (including phenoxy) is 4. The van der Waals surface area contributed by atoms with Crippen LogP contribution < -0.4 is 24.7 Å². The summed E-state index contributed by atoms with van der Waals surface area (Å²) in [6, 6.07) is 7.96. The van der Waals surface area contributed by atoms with E-state index in [4.69, 9.17) is 24.7 Å². The maximum Gasteiger partial charge on any atom is 0.254 e. The molecule has 198 valence electrons. The van der Waals surface area contributed by atoms with Gasteiger partial charge in [-0.15, -0.1) is 0 Å². The molecule has 0 aliphatic rings. The van der Waals surface area contributed by atoms with Gasteiger partial charge in [-0.2, -0.15) is 0 Å². The van der Waals surface area contributed by atoms with Gasteiger partial charge in [0.1, 0.15) is 23.7 Å². The average molecular weight is 526 g/mol. The van der Waals surface area contributed by atoms with Crippen LogP contribution in [0.15, 0.2) is 48.8 Å². The molecule has 0 saturated heterocycles. The number of aliphatic hydroxyl groups is 1. The van der Waals surface area contributed by atoms with E-state index in [1.54, 1.807) is 26.0 Å². The highest BCUT2D eigenvalue weighted by Gasteiger charge is 2.22. The number of nitrogens with zero attached hydrogens (tertiary/aromatic N) is 2. The first-order valence-corrected chi connectivity index (χ1v) is 11.3. The molecule has 0 spiro atoms. The van der Waals surface area contributed by atoms with Gasteiger partial charge in [0.25, 0.3) is 5.91 Å². The Bertz CT molecular complexity index is 1500. The van der Waals surface area contributed by atoms with Crippen molar-refractivity contribution in [3.8, 4) is 40.0 Å². The van der Waals surface area contributed by atoms with Gasteiger partial charge in [0.15, 0.2) is 28.9 Å². The number of nitrogens with two attached hydrogens (primary N) is 1. The predicted octanol–water partition coefficient (Wildman–Crippen LogP) is 4.63. The van der Waals surface area contributed by atoms with Crippen LogP contribution in [0.2, 0.25) is 0 Å². The number of methoxy groups -OCH3 is 2. The third kappa shape index (κ3) is 5.42. The fraction of sp³-hybridized carbons (Fsp3) is 0.222. The predicted molar refractivity (Wildman–Crippen MR) is 135 cm³/mol. The van der Waals surface area contributed by atoms with E-state index in [1.807, 2.05) is 0 Å².